The van der Waals surface area contributed by atoms with Crippen LogP contribution >= 0.6 is 0 Å². The van der Waals surface area contributed by atoms with Crippen LogP contribution in [0.2, 0.25) is 0 Å². The summed E-state index contributed by atoms with van der Waals surface area (Å²) in [6.07, 6.45) is 14.5. The van der Waals surface area contributed by atoms with Crippen LogP contribution in [0.5, 0.6) is 0 Å². The molecule has 36 heavy (non-hydrogen) atoms. The summed E-state index contributed by atoms with van der Waals surface area (Å²) in [6.45, 7) is 7.07. The summed E-state index contributed by atoms with van der Waals surface area (Å²) in [5.74, 6) is 3.91. The number of aromatic nitrogens is 2. The molecule has 0 spiro atoms. The lowest BCUT2D eigenvalue weighted by molar-refractivity contribution is -0.0576. The van der Waals surface area contributed by atoms with Crippen LogP contribution in [0.3, 0.4) is 0 Å². The molecule has 1 N–H and O–H groups in total. The van der Waals surface area contributed by atoms with Crippen LogP contribution in [0.15, 0.2) is 29.1 Å². The third-order valence-corrected chi connectivity index (χ3v) is 9.22. The summed E-state index contributed by atoms with van der Waals surface area (Å²) in [5.41, 5.74) is 0.463. The summed E-state index contributed by atoms with van der Waals surface area (Å²) in [5, 5.41) is 9.70. The topological polar surface area (TPSA) is 75.4 Å². The number of carbonyl (C=O) groups is 1. The van der Waals surface area contributed by atoms with Crippen molar-refractivity contribution in [3.63, 3.8) is 0 Å². The molecule has 2 aromatic rings. The number of fused-ring (bicyclic) bond motifs is 3. The van der Waals surface area contributed by atoms with Crippen LogP contribution in [0.1, 0.15) is 88.7 Å². The molecule has 8 atom stereocenters. The predicted octanol–water partition coefficient (Wildman–Crippen LogP) is 5.36. The molecule has 3 heterocycles. The number of hydrogen-bond acceptors (Lipinski definition) is 4. The van der Waals surface area contributed by atoms with Crippen molar-refractivity contribution in [2.45, 2.75) is 96.3 Å². The van der Waals surface area contributed by atoms with E-state index in [0.29, 0.717) is 47.3 Å². The monoisotopic (exact) mass is 489 g/mol. The maximum atomic E-state index is 13.4. The van der Waals surface area contributed by atoms with Gasteiger partial charge < -0.3 is 9.67 Å². The molecule has 0 radical (unpaired) electrons. The van der Waals surface area contributed by atoms with E-state index >= 15 is 0 Å². The molecule has 6 nitrogen and oxygen atoms in total. The largest absolute Gasteiger partial charge is 0.476 e. The molecular formula is C30H39N3O3. The van der Waals surface area contributed by atoms with Crippen molar-refractivity contribution in [2.75, 3.05) is 0 Å². The van der Waals surface area contributed by atoms with Crippen molar-refractivity contribution >= 4 is 17.0 Å². The molecule has 1 saturated carbocycles. The Morgan fingerprint density at radius 2 is 1.67 bits per heavy atom. The van der Waals surface area contributed by atoms with Crippen molar-refractivity contribution < 1.29 is 9.90 Å². The third-order valence-electron chi connectivity index (χ3n) is 9.22. The molecule has 0 unspecified atom stereocenters. The van der Waals surface area contributed by atoms with Gasteiger partial charge in [-0.25, -0.2) is 9.78 Å². The number of carboxylic acids is 1. The Bertz CT molecular complexity index is 1220. The molecule has 2 aliphatic heterocycles. The number of aromatic carboxylic acids is 1. The zero-order chi connectivity index (χ0) is 25.6. The van der Waals surface area contributed by atoms with Gasteiger partial charge in [-0.05, 0) is 81.3 Å². The summed E-state index contributed by atoms with van der Waals surface area (Å²) in [4.78, 5) is 32.3. The Morgan fingerprint density at radius 3 is 2.33 bits per heavy atom. The number of para-hydroxylation sites is 2. The van der Waals surface area contributed by atoms with Gasteiger partial charge in [0.25, 0.3) is 5.56 Å². The molecule has 1 aromatic heterocycles. The number of piperidine rings is 2. The SMILES string of the molecule is C#C[C@H]1C[C@@H](C)C[C@@H](N2[C@@H]3CC[C@H](C)[C@H]2C[C@@H](n2c(=O)c(C(=O)O)nc4ccccc42)C3)C[C@@H](C)C1. The lowest BCUT2D eigenvalue weighted by atomic mass is 9.72. The number of carboxylic acid groups (broad SMARTS) is 1. The zero-order valence-corrected chi connectivity index (χ0v) is 21.8. The quantitative estimate of drug-likeness (QED) is 0.587. The van der Waals surface area contributed by atoms with Crippen LogP contribution in [0.25, 0.3) is 11.0 Å². The van der Waals surface area contributed by atoms with Gasteiger partial charge in [0.05, 0.1) is 11.0 Å². The zero-order valence-electron chi connectivity index (χ0n) is 21.8. The van der Waals surface area contributed by atoms with Crippen molar-refractivity contribution in [3.8, 4) is 12.3 Å². The summed E-state index contributed by atoms with van der Waals surface area (Å²) >= 11 is 0. The van der Waals surface area contributed by atoms with Gasteiger partial charge in [0, 0.05) is 30.1 Å². The van der Waals surface area contributed by atoms with Crippen molar-refractivity contribution in [1.82, 2.24) is 14.5 Å². The van der Waals surface area contributed by atoms with Crippen molar-refractivity contribution in [2.24, 2.45) is 23.7 Å². The molecule has 5 rings (SSSR count). The summed E-state index contributed by atoms with van der Waals surface area (Å²) in [6, 6.07) is 8.76. The van der Waals surface area contributed by atoms with Gasteiger partial charge in [-0.15, -0.1) is 12.3 Å². The molecule has 192 valence electrons. The van der Waals surface area contributed by atoms with Gasteiger partial charge in [-0.3, -0.25) is 9.69 Å². The molecule has 2 saturated heterocycles. The predicted molar refractivity (Wildman–Crippen MR) is 142 cm³/mol. The molecular weight excluding hydrogens is 450 g/mol. The fourth-order valence-electron chi connectivity index (χ4n) is 7.74. The number of benzene rings is 1. The van der Waals surface area contributed by atoms with Gasteiger partial charge >= 0.3 is 5.97 Å². The standard InChI is InChI=1S/C30H39N3O3/c1-5-21-12-18(2)14-23(15-19(3)13-21)32-22-11-10-20(4)27(32)17-24(16-22)33-26-9-7-6-8-25(26)31-28(29(33)34)30(35)36/h1,6-9,18-24,27H,10-17H2,2-4H3,(H,35,36)/t18-,19+,20-,21+,22+,23-,24-,27+/m0/s1. The minimum absolute atomic E-state index is 0.0216. The first-order valence-corrected chi connectivity index (χ1v) is 13.7. The van der Waals surface area contributed by atoms with E-state index < -0.39 is 11.5 Å². The smallest absolute Gasteiger partial charge is 0.360 e. The highest BCUT2D eigenvalue weighted by molar-refractivity contribution is 5.88. The van der Waals surface area contributed by atoms with E-state index in [1.165, 1.54) is 19.3 Å². The Kier molecular flexibility index (Phi) is 6.96. The van der Waals surface area contributed by atoms with E-state index in [4.69, 9.17) is 6.42 Å². The second kappa shape index (κ2) is 10.0. The second-order valence-electron chi connectivity index (χ2n) is 11.9. The van der Waals surface area contributed by atoms with E-state index in [0.717, 1.165) is 37.6 Å². The maximum absolute atomic E-state index is 13.4. The van der Waals surface area contributed by atoms with Gasteiger partial charge in [0.2, 0.25) is 5.69 Å². The average Bonchev–Trinajstić information content (AvgIpc) is 2.83. The van der Waals surface area contributed by atoms with E-state index in [9.17, 15) is 14.7 Å². The van der Waals surface area contributed by atoms with Crippen LogP contribution < -0.4 is 5.56 Å². The number of hydrogen-bond donors (Lipinski definition) is 1. The molecule has 1 aromatic carbocycles. The first kappa shape index (κ1) is 25.0. The number of nitrogens with zero attached hydrogens (tertiary/aromatic N) is 3. The highest BCUT2D eigenvalue weighted by atomic mass is 16.4. The fourth-order valence-corrected chi connectivity index (χ4v) is 7.74. The van der Waals surface area contributed by atoms with E-state index in [1.807, 2.05) is 18.2 Å². The Morgan fingerprint density at radius 1 is 0.972 bits per heavy atom. The van der Waals surface area contributed by atoms with Crippen molar-refractivity contribution in [1.29, 1.82) is 0 Å². The Balaban J connectivity index is 1.50. The first-order chi connectivity index (χ1) is 17.3. The minimum atomic E-state index is -1.26. The molecule has 0 amide bonds. The number of rotatable bonds is 3. The minimum Gasteiger partial charge on any atom is -0.476 e. The fraction of sp³-hybridized carbons (Fsp3) is 0.633. The molecule has 3 fully saturated rings. The Hall–Kier alpha value is -2.65. The lowest BCUT2D eigenvalue weighted by Crippen LogP contribution is -2.60. The van der Waals surface area contributed by atoms with Crippen LogP contribution in [-0.2, 0) is 0 Å². The van der Waals surface area contributed by atoms with Gasteiger partial charge in [0.1, 0.15) is 0 Å². The lowest BCUT2D eigenvalue weighted by Gasteiger charge is -2.56. The summed E-state index contributed by atoms with van der Waals surface area (Å²) < 4.78 is 1.77. The van der Waals surface area contributed by atoms with Gasteiger partial charge in [-0.2, -0.15) is 0 Å². The van der Waals surface area contributed by atoms with E-state index in [-0.39, 0.29) is 11.7 Å². The first-order valence-electron chi connectivity index (χ1n) is 13.7. The average molecular weight is 490 g/mol. The molecule has 3 aliphatic rings. The van der Waals surface area contributed by atoms with Crippen LogP contribution in [0.4, 0.5) is 0 Å². The molecule has 2 bridgehead atoms. The van der Waals surface area contributed by atoms with E-state index in [1.54, 1.807) is 10.6 Å². The molecule has 1 aliphatic carbocycles. The molecule has 6 heteroatoms. The number of terminal acetylenes is 1. The van der Waals surface area contributed by atoms with Crippen LogP contribution in [-0.4, -0.2) is 43.7 Å². The normalized spacial score (nSPS) is 35.5. The summed E-state index contributed by atoms with van der Waals surface area (Å²) in [7, 11) is 0. The van der Waals surface area contributed by atoms with E-state index in [2.05, 4.69) is 36.6 Å². The maximum Gasteiger partial charge on any atom is 0.360 e. The third kappa shape index (κ3) is 4.59. The van der Waals surface area contributed by atoms with Crippen molar-refractivity contribution in [3.05, 3.63) is 40.3 Å². The van der Waals surface area contributed by atoms with Gasteiger partial charge in [0.15, 0.2) is 0 Å². The Labute approximate surface area is 214 Å². The highest BCUT2D eigenvalue weighted by Crippen LogP contribution is 2.46. The highest BCUT2D eigenvalue weighted by Gasteiger charge is 2.46. The van der Waals surface area contributed by atoms with Gasteiger partial charge in [-0.1, -0.05) is 32.9 Å². The van der Waals surface area contributed by atoms with Crippen LogP contribution in [0, 0.1) is 36.0 Å². The second-order valence-corrected chi connectivity index (χ2v) is 11.9.